The van der Waals surface area contributed by atoms with Crippen LogP contribution in [0.4, 0.5) is 0 Å². The fourth-order valence-electron chi connectivity index (χ4n) is 3.02. The highest BCUT2D eigenvalue weighted by Gasteiger charge is 2.13. The molecule has 6 heteroatoms. The van der Waals surface area contributed by atoms with E-state index in [1.807, 2.05) is 42.5 Å². The second-order valence-electron chi connectivity index (χ2n) is 7.23. The Morgan fingerprint density at radius 1 is 0.812 bits per heavy atom. The van der Waals surface area contributed by atoms with Gasteiger partial charge in [-0.1, -0.05) is 48.5 Å². The van der Waals surface area contributed by atoms with Gasteiger partial charge in [0, 0.05) is 19.0 Å². The van der Waals surface area contributed by atoms with Gasteiger partial charge in [0.2, 0.25) is 5.91 Å². The number of Topliss-reactive ketones (excluding diaryl/α,β-unsaturated/α-hetero) is 1. The van der Waals surface area contributed by atoms with Crippen LogP contribution in [-0.2, 0) is 16.0 Å². The van der Waals surface area contributed by atoms with E-state index in [1.165, 1.54) is 6.92 Å². The van der Waals surface area contributed by atoms with Gasteiger partial charge < -0.3 is 14.8 Å². The molecule has 6 nitrogen and oxygen atoms in total. The molecule has 32 heavy (non-hydrogen) atoms. The summed E-state index contributed by atoms with van der Waals surface area (Å²) >= 11 is 0. The van der Waals surface area contributed by atoms with E-state index in [-0.39, 0.29) is 18.3 Å². The zero-order chi connectivity index (χ0) is 22.8. The van der Waals surface area contributed by atoms with Gasteiger partial charge in [0.1, 0.15) is 11.5 Å². The maximum Gasteiger partial charge on any atom is 0.338 e. The van der Waals surface area contributed by atoms with Crippen molar-refractivity contribution in [2.45, 2.75) is 19.8 Å². The largest absolute Gasteiger partial charge is 0.457 e. The van der Waals surface area contributed by atoms with Crippen molar-refractivity contribution in [1.29, 1.82) is 0 Å². The minimum Gasteiger partial charge on any atom is -0.457 e. The van der Waals surface area contributed by atoms with Crippen LogP contribution in [0.2, 0.25) is 0 Å². The molecule has 0 saturated carbocycles. The van der Waals surface area contributed by atoms with Crippen molar-refractivity contribution < 1.29 is 23.9 Å². The Balaban J connectivity index is 1.49. The summed E-state index contributed by atoms with van der Waals surface area (Å²) in [5.74, 6) is 0.250. The number of ether oxygens (including phenoxy) is 2. The van der Waals surface area contributed by atoms with Gasteiger partial charge in [-0.3, -0.25) is 9.59 Å². The second-order valence-corrected chi connectivity index (χ2v) is 7.23. The maximum absolute atomic E-state index is 12.4. The summed E-state index contributed by atoms with van der Waals surface area (Å²) in [6, 6.07) is 23.0. The number of hydrogen-bond donors (Lipinski definition) is 1. The van der Waals surface area contributed by atoms with Crippen molar-refractivity contribution in [3.63, 3.8) is 0 Å². The van der Waals surface area contributed by atoms with Crippen molar-refractivity contribution in [3.8, 4) is 11.5 Å². The van der Waals surface area contributed by atoms with Crippen LogP contribution in [0.1, 0.15) is 39.6 Å². The fraction of sp³-hybridized carbons (Fsp3) is 0.192. The van der Waals surface area contributed by atoms with Crippen molar-refractivity contribution in [2.75, 3.05) is 13.2 Å². The highest BCUT2D eigenvalue weighted by molar-refractivity contribution is 5.99. The molecule has 1 N–H and O–H groups in total. The summed E-state index contributed by atoms with van der Waals surface area (Å²) in [7, 11) is 0. The third-order valence-electron chi connectivity index (χ3n) is 4.68. The lowest BCUT2D eigenvalue weighted by Gasteiger charge is -2.08. The normalized spacial score (nSPS) is 10.3. The predicted molar refractivity (Wildman–Crippen MR) is 121 cm³/mol. The molecule has 3 aromatic carbocycles. The Morgan fingerprint density at radius 2 is 1.53 bits per heavy atom. The molecule has 3 aromatic rings. The Kier molecular flexibility index (Phi) is 8.15. The van der Waals surface area contributed by atoms with Gasteiger partial charge in [0.25, 0.3) is 0 Å². The third-order valence-corrected chi connectivity index (χ3v) is 4.68. The van der Waals surface area contributed by atoms with E-state index in [4.69, 9.17) is 9.47 Å². The van der Waals surface area contributed by atoms with Gasteiger partial charge in [0.15, 0.2) is 12.4 Å². The molecule has 3 rings (SSSR count). The molecule has 0 fully saturated rings. The number of rotatable bonds is 10. The second kappa shape index (κ2) is 11.5. The molecule has 0 bridgehead atoms. The van der Waals surface area contributed by atoms with Crippen molar-refractivity contribution >= 4 is 17.7 Å². The first-order chi connectivity index (χ1) is 15.5. The average molecular weight is 431 g/mol. The number of nitrogens with one attached hydrogen (secondary N) is 1. The van der Waals surface area contributed by atoms with Crippen LogP contribution in [0.15, 0.2) is 78.9 Å². The molecule has 0 aliphatic carbocycles. The van der Waals surface area contributed by atoms with Gasteiger partial charge in [-0.15, -0.1) is 0 Å². The molecule has 0 aromatic heterocycles. The molecular formula is C26H25NO5. The molecule has 0 radical (unpaired) electrons. The van der Waals surface area contributed by atoms with Gasteiger partial charge in [-0.2, -0.15) is 0 Å². The van der Waals surface area contributed by atoms with Crippen LogP contribution < -0.4 is 10.1 Å². The summed E-state index contributed by atoms with van der Waals surface area (Å²) in [4.78, 5) is 35.6. The van der Waals surface area contributed by atoms with E-state index < -0.39 is 5.97 Å². The van der Waals surface area contributed by atoms with Crippen molar-refractivity contribution in [2.24, 2.45) is 0 Å². The number of carbonyl (C=O) groups is 3. The molecule has 0 heterocycles. The molecule has 0 aliphatic rings. The standard InChI is InChI=1S/C26H25NO5/c1-19(28)27-16-6-7-20-12-14-21(15-13-20)25(29)18-31-26(30)22-8-5-11-24(17-22)32-23-9-3-2-4-10-23/h2-5,8-15,17H,6-7,16,18H2,1H3,(H,27,28). The zero-order valence-electron chi connectivity index (χ0n) is 17.9. The van der Waals surface area contributed by atoms with Crippen LogP contribution in [0.25, 0.3) is 0 Å². The number of aryl methyl sites for hydroxylation is 1. The Morgan fingerprint density at radius 3 is 2.25 bits per heavy atom. The zero-order valence-corrected chi connectivity index (χ0v) is 17.9. The predicted octanol–water partition coefficient (Wildman–Crippen LogP) is 4.59. The number of carbonyl (C=O) groups excluding carboxylic acids is 3. The lowest BCUT2D eigenvalue weighted by molar-refractivity contribution is -0.118. The first kappa shape index (κ1) is 22.7. The summed E-state index contributed by atoms with van der Waals surface area (Å²) < 4.78 is 10.9. The molecular weight excluding hydrogens is 406 g/mol. The fourth-order valence-corrected chi connectivity index (χ4v) is 3.02. The highest BCUT2D eigenvalue weighted by Crippen LogP contribution is 2.22. The van der Waals surface area contributed by atoms with Crippen LogP contribution in [0.5, 0.6) is 11.5 Å². The topological polar surface area (TPSA) is 81.7 Å². The molecule has 0 aliphatic heterocycles. The van der Waals surface area contributed by atoms with E-state index in [9.17, 15) is 14.4 Å². The van der Waals surface area contributed by atoms with Gasteiger partial charge in [-0.05, 0) is 48.7 Å². The summed E-state index contributed by atoms with van der Waals surface area (Å²) in [6.45, 7) is 1.76. The minimum atomic E-state index is -0.591. The van der Waals surface area contributed by atoms with Crippen LogP contribution in [-0.4, -0.2) is 30.8 Å². The van der Waals surface area contributed by atoms with Crippen LogP contribution in [0.3, 0.4) is 0 Å². The number of para-hydroxylation sites is 1. The van der Waals surface area contributed by atoms with E-state index in [0.29, 0.717) is 29.2 Å². The number of hydrogen-bond acceptors (Lipinski definition) is 5. The number of ketones is 1. The van der Waals surface area contributed by atoms with Gasteiger partial charge in [0.05, 0.1) is 5.56 Å². The van der Waals surface area contributed by atoms with Crippen molar-refractivity contribution in [1.82, 2.24) is 5.32 Å². The third kappa shape index (κ3) is 7.09. The molecule has 1 amide bonds. The van der Waals surface area contributed by atoms with E-state index in [0.717, 1.165) is 18.4 Å². The molecule has 0 saturated heterocycles. The van der Waals surface area contributed by atoms with E-state index in [2.05, 4.69) is 5.32 Å². The number of benzene rings is 3. The summed E-state index contributed by atoms with van der Waals surface area (Å²) in [5.41, 5.74) is 1.85. The maximum atomic E-state index is 12.4. The highest BCUT2D eigenvalue weighted by atomic mass is 16.5. The number of esters is 1. The van der Waals surface area contributed by atoms with Crippen molar-refractivity contribution in [3.05, 3.63) is 95.6 Å². The first-order valence-corrected chi connectivity index (χ1v) is 10.4. The smallest absolute Gasteiger partial charge is 0.338 e. The van der Waals surface area contributed by atoms with E-state index >= 15 is 0 Å². The lowest BCUT2D eigenvalue weighted by atomic mass is 10.1. The summed E-state index contributed by atoms with van der Waals surface area (Å²) in [5, 5.41) is 2.75. The van der Waals surface area contributed by atoms with Gasteiger partial charge in [-0.25, -0.2) is 4.79 Å². The number of amides is 1. The van der Waals surface area contributed by atoms with E-state index in [1.54, 1.807) is 36.4 Å². The lowest BCUT2D eigenvalue weighted by Crippen LogP contribution is -2.21. The summed E-state index contributed by atoms with van der Waals surface area (Å²) in [6.07, 6.45) is 1.61. The Hall–Kier alpha value is -3.93. The van der Waals surface area contributed by atoms with Gasteiger partial charge >= 0.3 is 5.97 Å². The molecule has 0 atom stereocenters. The Bertz CT molecular complexity index is 1060. The molecule has 164 valence electrons. The minimum absolute atomic E-state index is 0.0454. The molecule has 0 spiro atoms. The first-order valence-electron chi connectivity index (χ1n) is 10.4. The SMILES string of the molecule is CC(=O)NCCCc1ccc(C(=O)COC(=O)c2cccc(Oc3ccccc3)c2)cc1. The average Bonchev–Trinajstić information content (AvgIpc) is 2.81. The van der Waals surface area contributed by atoms with Crippen LogP contribution >= 0.6 is 0 Å². The molecule has 0 unspecified atom stereocenters. The monoisotopic (exact) mass is 431 g/mol. The Labute approximate surface area is 187 Å². The van der Waals surface area contributed by atoms with Crippen LogP contribution in [0, 0.1) is 0 Å². The quantitative estimate of drug-likeness (QED) is 0.289.